The average Bonchev–Trinajstić information content (AvgIpc) is 3.34. The minimum Gasteiger partial charge on any atom is -0.338 e. The Hall–Kier alpha value is -3.61. The SMILES string of the molecule is NCc1ccc(C(NC(=O)c2ccccc2)C(=O)c2ncc(-c3ccccc3)s2)cc1. The molecule has 1 aromatic heterocycles. The fourth-order valence-electron chi connectivity index (χ4n) is 3.20. The second-order valence-corrected chi connectivity index (χ2v) is 8.01. The maximum absolute atomic E-state index is 13.4. The molecule has 5 nitrogen and oxygen atoms in total. The summed E-state index contributed by atoms with van der Waals surface area (Å²) >= 11 is 1.32. The van der Waals surface area contributed by atoms with Crippen molar-refractivity contribution in [2.75, 3.05) is 0 Å². The van der Waals surface area contributed by atoms with Crippen LogP contribution in [0, 0.1) is 0 Å². The van der Waals surface area contributed by atoms with E-state index in [1.54, 1.807) is 30.5 Å². The van der Waals surface area contributed by atoms with Crippen LogP contribution in [0.1, 0.15) is 37.3 Å². The minimum absolute atomic E-state index is 0.253. The monoisotopic (exact) mass is 427 g/mol. The van der Waals surface area contributed by atoms with Crippen LogP contribution in [-0.2, 0) is 6.54 Å². The zero-order valence-electron chi connectivity index (χ0n) is 16.7. The molecule has 154 valence electrons. The number of amides is 1. The van der Waals surface area contributed by atoms with Crippen molar-refractivity contribution in [1.29, 1.82) is 0 Å². The van der Waals surface area contributed by atoms with E-state index in [-0.39, 0.29) is 11.7 Å². The van der Waals surface area contributed by atoms with Crippen LogP contribution in [0.5, 0.6) is 0 Å². The highest BCUT2D eigenvalue weighted by Gasteiger charge is 2.27. The van der Waals surface area contributed by atoms with Gasteiger partial charge in [-0.3, -0.25) is 9.59 Å². The van der Waals surface area contributed by atoms with Gasteiger partial charge in [0.25, 0.3) is 5.91 Å². The van der Waals surface area contributed by atoms with Crippen LogP contribution >= 0.6 is 11.3 Å². The predicted molar refractivity (Wildman–Crippen MR) is 123 cm³/mol. The van der Waals surface area contributed by atoms with E-state index >= 15 is 0 Å². The summed E-state index contributed by atoms with van der Waals surface area (Å²) in [4.78, 5) is 31.5. The Morgan fingerprint density at radius 1 is 0.903 bits per heavy atom. The number of nitrogens with one attached hydrogen (secondary N) is 1. The third kappa shape index (κ3) is 4.77. The topological polar surface area (TPSA) is 85.1 Å². The second kappa shape index (κ2) is 9.47. The standard InChI is InChI=1S/C25H21N3O2S/c26-15-17-11-13-19(14-12-17)22(28-24(30)20-9-5-2-6-10-20)23(29)25-27-16-21(31-25)18-7-3-1-4-8-18/h1-14,16,22H,15,26H2,(H,28,30). The number of hydrogen-bond acceptors (Lipinski definition) is 5. The first-order valence-electron chi connectivity index (χ1n) is 9.86. The summed E-state index contributed by atoms with van der Waals surface area (Å²) in [7, 11) is 0. The van der Waals surface area contributed by atoms with Gasteiger partial charge in [0.15, 0.2) is 5.01 Å². The molecule has 0 spiro atoms. The van der Waals surface area contributed by atoms with E-state index in [2.05, 4.69) is 10.3 Å². The van der Waals surface area contributed by atoms with Gasteiger partial charge in [-0.15, -0.1) is 11.3 Å². The molecule has 4 aromatic rings. The van der Waals surface area contributed by atoms with Crippen molar-refractivity contribution < 1.29 is 9.59 Å². The Morgan fingerprint density at radius 3 is 2.19 bits per heavy atom. The molecule has 0 aliphatic rings. The third-order valence-electron chi connectivity index (χ3n) is 4.90. The number of carbonyl (C=O) groups excluding carboxylic acids is 2. The zero-order chi connectivity index (χ0) is 21.6. The molecular weight excluding hydrogens is 406 g/mol. The van der Waals surface area contributed by atoms with Gasteiger partial charge in [0.05, 0.1) is 4.88 Å². The Balaban J connectivity index is 1.65. The summed E-state index contributed by atoms with van der Waals surface area (Å²) in [6.07, 6.45) is 1.70. The molecule has 0 saturated carbocycles. The molecule has 3 aromatic carbocycles. The number of nitrogens with two attached hydrogens (primary N) is 1. The van der Waals surface area contributed by atoms with Crippen molar-refractivity contribution in [3.63, 3.8) is 0 Å². The lowest BCUT2D eigenvalue weighted by molar-refractivity contribution is 0.0857. The van der Waals surface area contributed by atoms with Crippen molar-refractivity contribution in [1.82, 2.24) is 10.3 Å². The van der Waals surface area contributed by atoms with Gasteiger partial charge in [-0.1, -0.05) is 72.8 Å². The highest BCUT2D eigenvalue weighted by atomic mass is 32.1. The van der Waals surface area contributed by atoms with Gasteiger partial charge in [0.2, 0.25) is 5.78 Å². The summed E-state index contributed by atoms with van der Waals surface area (Å²) in [5.41, 5.74) is 8.81. The highest BCUT2D eigenvalue weighted by molar-refractivity contribution is 7.17. The number of hydrogen-bond donors (Lipinski definition) is 2. The fourth-order valence-corrected chi connectivity index (χ4v) is 4.09. The molecule has 31 heavy (non-hydrogen) atoms. The van der Waals surface area contributed by atoms with Crippen LogP contribution in [-0.4, -0.2) is 16.7 Å². The van der Waals surface area contributed by atoms with Crippen LogP contribution < -0.4 is 11.1 Å². The molecule has 1 amide bonds. The lowest BCUT2D eigenvalue weighted by Gasteiger charge is -2.17. The van der Waals surface area contributed by atoms with Crippen LogP contribution in [0.4, 0.5) is 0 Å². The van der Waals surface area contributed by atoms with E-state index in [0.29, 0.717) is 22.7 Å². The van der Waals surface area contributed by atoms with Gasteiger partial charge in [-0.25, -0.2) is 4.98 Å². The summed E-state index contributed by atoms with van der Waals surface area (Å²) in [6.45, 7) is 0.405. The van der Waals surface area contributed by atoms with Crippen LogP contribution in [0.25, 0.3) is 10.4 Å². The van der Waals surface area contributed by atoms with Crippen molar-refractivity contribution >= 4 is 23.0 Å². The Bertz CT molecular complexity index is 1170. The number of carbonyl (C=O) groups is 2. The zero-order valence-corrected chi connectivity index (χ0v) is 17.5. The number of Topliss-reactive ketones (excluding diaryl/α,β-unsaturated/α-hetero) is 1. The van der Waals surface area contributed by atoms with Gasteiger partial charge in [-0.2, -0.15) is 0 Å². The molecular formula is C25H21N3O2S. The molecule has 4 rings (SSSR count). The quantitative estimate of drug-likeness (QED) is 0.421. The number of thiazole rings is 1. The number of ketones is 1. The molecule has 6 heteroatoms. The molecule has 0 bridgehead atoms. The molecule has 1 heterocycles. The van der Waals surface area contributed by atoms with Crippen LogP contribution in [0.2, 0.25) is 0 Å². The molecule has 0 fully saturated rings. The molecule has 0 aliphatic carbocycles. The maximum Gasteiger partial charge on any atom is 0.252 e. The number of nitrogens with zero attached hydrogens (tertiary/aromatic N) is 1. The summed E-state index contributed by atoms with van der Waals surface area (Å²) < 4.78 is 0. The van der Waals surface area contributed by atoms with Gasteiger partial charge in [0.1, 0.15) is 6.04 Å². The number of rotatable bonds is 7. The lowest BCUT2D eigenvalue weighted by atomic mass is 10.0. The van der Waals surface area contributed by atoms with Crippen molar-refractivity contribution in [3.8, 4) is 10.4 Å². The molecule has 0 aliphatic heterocycles. The Labute approximate surface area is 184 Å². The molecule has 0 saturated heterocycles. The van der Waals surface area contributed by atoms with Gasteiger partial charge < -0.3 is 11.1 Å². The Morgan fingerprint density at radius 2 is 1.55 bits per heavy atom. The first-order chi connectivity index (χ1) is 15.2. The second-order valence-electron chi connectivity index (χ2n) is 6.98. The van der Waals surface area contributed by atoms with Gasteiger partial charge in [0, 0.05) is 18.3 Å². The molecule has 1 atom stereocenters. The summed E-state index contributed by atoms with van der Waals surface area (Å²) in [5.74, 6) is -0.571. The fraction of sp³-hybridized carbons (Fsp3) is 0.0800. The minimum atomic E-state index is -0.852. The predicted octanol–water partition coefficient (Wildman–Crippen LogP) is 4.62. The molecule has 1 unspecified atom stereocenters. The molecule has 0 radical (unpaired) electrons. The first-order valence-corrected chi connectivity index (χ1v) is 10.7. The average molecular weight is 428 g/mol. The smallest absolute Gasteiger partial charge is 0.252 e. The third-order valence-corrected chi connectivity index (χ3v) is 5.96. The van der Waals surface area contributed by atoms with E-state index in [1.165, 1.54) is 11.3 Å². The van der Waals surface area contributed by atoms with E-state index in [9.17, 15) is 9.59 Å². The van der Waals surface area contributed by atoms with Crippen molar-refractivity contribution in [2.24, 2.45) is 5.73 Å². The van der Waals surface area contributed by atoms with Gasteiger partial charge in [-0.05, 0) is 28.8 Å². The van der Waals surface area contributed by atoms with E-state index in [4.69, 9.17) is 5.73 Å². The van der Waals surface area contributed by atoms with Crippen molar-refractivity contribution in [3.05, 3.63) is 113 Å². The summed E-state index contributed by atoms with van der Waals surface area (Å²) in [5, 5.41) is 3.23. The van der Waals surface area contributed by atoms with Crippen molar-refractivity contribution in [2.45, 2.75) is 12.6 Å². The number of aromatic nitrogens is 1. The largest absolute Gasteiger partial charge is 0.338 e. The Kier molecular flexibility index (Phi) is 6.31. The van der Waals surface area contributed by atoms with Crippen LogP contribution in [0.3, 0.4) is 0 Å². The van der Waals surface area contributed by atoms with Gasteiger partial charge >= 0.3 is 0 Å². The summed E-state index contributed by atoms with van der Waals surface area (Å²) in [6, 6.07) is 25.1. The lowest BCUT2D eigenvalue weighted by Crippen LogP contribution is -2.34. The van der Waals surface area contributed by atoms with Crippen LogP contribution in [0.15, 0.2) is 91.1 Å². The maximum atomic E-state index is 13.4. The molecule has 3 N–H and O–H groups in total. The van der Waals surface area contributed by atoms with E-state index in [1.807, 2.05) is 60.7 Å². The first kappa shape index (κ1) is 20.7. The van der Waals surface area contributed by atoms with E-state index < -0.39 is 6.04 Å². The highest BCUT2D eigenvalue weighted by Crippen LogP contribution is 2.29. The van der Waals surface area contributed by atoms with E-state index in [0.717, 1.165) is 16.0 Å². The normalized spacial score (nSPS) is 11.6. The number of benzene rings is 3.